The largest absolute Gasteiger partial charge is 0.465 e. The second-order valence-corrected chi connectivity index (χ2v) is 3.87. The van der Waals surface area contributed by atoms with Crippen molar-refractivity contribution >= 4 is 12.0 Å². The summed E-state index contributed by atoms with van der Waals surface area (Å²) < 4.78 is 0. The predicted octanol–water partition coefficient (Wildman–Crippen LogP) is -0.549. The van der Waals surface area contributed by atoms with Crippen LogP contribution in [-0.2, 0) is 4.79 Å². The standard InChI is InChI=1S/C9H17N3O3/c10-8(13)6-12-3-1-7(2-4-12)5-11-9(14)15/h7,11H,1-6H2,(H2,10,13)(H,14,15). The fourth-order valence-electron chi connectivity index (χ4n) is 1.80. The third kappa shape index (κ3) is 4.64. The van der Waals surface area contributed by atoms with Crippen LogP contribution in [-0.4, -0.2) is 48.2 Å². The molecule has 6 nitrogen and oxygen atoms in total. The van der Waals surface area contributed by atoms with Gasteiger partial charge in [0, 0.05) is 6.54 Å². The van der Waals surface area contributed by atoms with E-state index in [1.54, 1.807) is 0 Å². The number of carbonyl (C=O) groups excluding carboxylic acids is 1. The van der Waals surface area contributed by atoms with Crippen molar-refractivity contribution < 1.29 is 14.7 Å². The van der Waals surface area contributed by atoms with Crippen molar-refractivity contribution in [3.63, 3.8) is 0 Å². The van der Waals surface area contributed by atoms with Crippen molar-refractivity contribution in [2.75, 3.05) is 26.2 Å². The van der Waals surface area contributed by atoms with Crippen molar-refractivity contribution in [2.24, 2.45) is 11.7 Å². The highest BCUT2D eigenvalue weighted by molar-refractivity contribution is 5.75. The lowest BCUT2D eigenvalue weighted by molar-refractivity contribution is -0.119. The predicted molar refractivity (Wildman–Crippen MR) is 54.4 cm³/mol. The number of likely N-dealkylation sites (tertiary alicyclic amines) is 1. The van der Waals surface area contributed by atoms with Gasteiger partial charge in [0.15, 0.2) is 0 Å². The molecule has 1 rings (SSSR count). The highest BCUT2D eigenvalue weighted by Gasteiger charge is 2.20. The fraction of sp³-hybridized carbons (Fsp3) is 0.778. The van der Waals surface area contributed by atoms with Crippen LogP contribution in [0.5, 0.6) is 0 Å². The molecule has 2 amide bonds. The van der Waals surface area contributed by atoms with Gasteiger partial charge in [-0.05, 0) is 31.8 Å². The molecule has 0 aromatic carbocycles. The molecule has 4 N–H and O–H groups in total. The molecule has 86 valence electrons. The minimum atomic E-state index is -0.977. The van der Waals surface area contributed by atoms with Gasteiger partial charge in [0.1, 0.15) is 0 Å². The first-order valence-corrected chi connectivity index (χ1v) is 5.05. The van der Waals surface area contributed by atoms with E-state index >= 15 is 0 Å². The zero-order valence-electron chi connectivity index (χ0n) is 8.61. The third-order valence-corrected chi connectivity index (χ3v) is 2.63. The summed E-state index contributed by atoms with van der Waals surface area (Å²) in [6.45, 7) is 2.43. The minimum absolute atomic E-state index is 0.305. The molecule has 0 aliphatic carbocycles. The first-order chi connectivity index (χ1) is 7.08. The van der Waals surface area contributed by atoms with Crippen LogP contribution in [0, 0.1) is 5.92 Å². The number of hydrogen-bond acceptors (Lipinski definition) is 3. The zero-order chi connectivity index (χ0) is 11.3. The first kappa shape index (κ1) is 11.8. The number of nitrogens with two attached hydrogens (primary N) is 1. The van der Waals surface area contributed by atoms with E-state index in [-0.39, 0.29) is 5.91 Å². The van der Waals surface area contributed by atoms with Crippen molar-refractivity contribution in [1.29, 1.82) is 0 Å². The highest BCUT2D eigenvalue weighted by atomic mass is 16.4. The summed E-state index contributed by atoms with van der Waals surface area (Å²) >= 11 is 0. The number of carbonyl (C=O) groups is 2. The number of amides is 2. The van der Waals surface area contributed by atoms with E-state index in [4.69, 9.17) is 10.8 Å². The maximum Gasteiger partial charge on any atom is 0.404 e. The van der Waals surface area contributed by atoms with Gasteiger partial charge in [-0.2, -0.15) is 0 Å². The van der Waals surface area contributed by atoms with Crippen molar-refractivity contribution in [3.05, 3.63) is 0 Å². The Morgan fingerprint density at radius 1 is 1.40 bits per heavy atom. The topological polar surface area (TPSA) is 95.7 Å². The Kier molecular flexibility index (Phi) is 4.36. The number of rotatable bonds is 4. The van der Waals surface area contributed by atoms with Gasteiger partial charge in [-0.15, -0.1) is 0 Å². The summed E-state index contributed by atoms with van der Waals surface area (Å²) in [7, 11) is 0. The molecule has 0 aromatic heterocycles. The molecule has 0 spiro atoms. The van der Waals surface area contributed by atoms with Gasteiger partial charge in [-0.25, -0.2) is 4.79 Å². The summed E-state index contributed by atoms with van der Waals surface area (Å²) in [4.78, 5) is 22.9. The number of hydrogen-bond donors (Lipinski definition) is 3. The summed E-state index contributed by atoms with van der Waals surface area (Å²) in [6, 6.07) is 0. The van der Waals surface area contributed by atoms with Crippen molar-refractivity contribution in [1.82, 2.24) is 10.2 Å². The Labute approximate surface area is 88.4 Å². The van der Waals surface area contributed by atoms with E-state index < -0.39 is 6.09 Å². The van der Waals surface area contributed by atoms with Gasteiger partial charge in [0.25, 0.3) is 0 Å². The van der Waals surface area contributed by atoms with Crippen molar-refractivity contribution in [2.45, 2.75) is 12.8 Å². The third-order valence-electron chi connectivity index (χ3n) is 2.63. The fourth-order valence-corrected chi connectivity index (χ4v) is 1.80. The van der Waals surface area contributed by atoms with E-state index in [0.717, 1.165) is 25.9 Å². The van der Waals surface area contributed by atoms with Gasteiger partial charge in [-0.1, -0.05) is 0 Å². The van der Waals surface area contributed by atoms with Crippen LogP contribution < -0.4 is 11.1 Å². The quantitative estimate of drug-likeness (QED) is 0.586. The van der Waals surface area contributed by atoms with Gasteiger partial charge in [-0.3, -0.25) is 9.69 Å². The van der Waals surface area contributed by atoms with Crippen LogP contribution in [0.25, 0.3) is 0 Å². The second-order valence-electron chi connectivity index (χ2n) is 3.87. The molecule has 1 aliphatic heterocycles. The Bertz CT molecular complexity index is 237. The molecule has 1 saturated heterocycles. The van der Waals surface area contributed by atoms with E-state index in [1.165, 1.54) is 0 Å². The Morgan fingerprint density at radius 2 is 2.00 bits per heavy atom. The Balaban J connectivity index is 2.18. The molecule has 0 unspecified atom stereocenters. The van der Waals surface area contributed by atoms with Gasteiger partial charge >= 0.3 is 6.09 Å². The summed E-state index contributed by atoms with van der Waals surface area (Å²) in [6.07, 6.45) is 0.843. The molecular weight excluding hydrogens is 198 g/mol. The van der Waals surface area contributed by atoms with Gasteiger partial charge < -0.3 is 16.2 Å². The molecule has 1 fully saturated rings. The maximum absolute atomic E-state index is 10.7. The lowest BCUT2D eigenvalue weighted by atomic mass is 9.97. The number of carboxylic acid groups (broad SMARTS) is 1. The lowest BCUT2D eigenvalue weighted by Crippen LogP contribution is -2.41. The summed E-state index contributed by atoms with van der Waals surface area (Å²) in [5, 5.41) is 10.8. The smallest absolute Gasteiger partial charge is 0.404 e. The highest BCUT2D eigenvalue weighted by Crippen LogP contribution is 2.15. The average molecular weight is 215 g/mol. The molecule has 6 heteroatoms. The first-order valence-electron chi connectivity index (χ1n) is 5.05. The number of nitrogens with one attached hydrogen (secondary N) is 1. The molecule has 0 saturated carbocycles. The van der Waals surface area contributed by atoms with Crippen LogP contribution >= 0.6 is 0 Å². The van der Waals surface area contributed by atoms with E-state index in [0.29, 0.717) is 19.0 Å². The van der Waals surface area contributed by atoms with Crippen LogP contribution in [0.1, 0.15) is 12.8 Å². The lowest BCUT2D eigenvalue weighted by Gasteiger charge is -2.30. The van der Waals surface area contributed by atoms with E-state index in [1.807, 2.05) is 4.90 Å². The molecule has 1 aliphatic rings. The van der Waals surface area contributed by atoms with Gasteiger partial charge in [0.2, 0.25) is 5.91 Å². The molecule has 1 heterocycles. The summed E-state index contributed by atoms with van der Waals surface area (Å²) in [5.41, 5.74) is 5.09. The molecule has 0 aromatic rings. The number of nitrogens with zero attached hydrogens (tertiary/aromatic N) is 1. The molecular formula is C9H17N3O3. The maximum atomic E-state index is 10.7. The average Bonchev–Trinajstić information content (AvgIpc) is 2.16. The SMILES string of the molecule is NC(=O)CN1CCC(CNC(=O)O)CC1. The minimum Gasteiger partial charge on any atom is -0.465 e. The van der Waals surface area contributed by atoms with Gasteiger partial charge in [0.05, 0.1) is 6.54 Å². The monoisotopic (exact) mass is 215 g/mol. The molecule has 15 heavy (non-hydrogen) atoms. The van der Waals surface area contributed by atoms with Crippen LogP contribution in [0.15, 0.2) is 0 Å². The Hall–Kier alpha value is -1.30. The van der Waals surface area contributed by atoms with E-state index in [2.05, 4.69) is 5.32 Å². The molecule has 0 radical (unpaired) electrons. The number of piperidine rings is 1. The second kappa shape index (κ2) is 5.55. The van der Waals surface area contributed by atoms with E-state index in [9.17, 15) is 9.59 Å². The van der Waals surface area contributed by atoms with Crippen LogP contribution in [0.4, 0.5) is 4.79 Å². The van der Waals surface area contributed by atoms with Crippen molar-refractivity contribution in [3.8, 4) is 0 Å². The van der Waals surface area contributed by atoms with Crippen LogP contribution in [0.3, 0.4) is 0 Å². The summed E-state index contributed by atoms with van der Waals surface area (Å²) in [5.74, 6) is 0.0716. The normalized spacial score (nSPS) is 18.7. The Morgan fingerprint density at radius 3 is 2.47 bits per heavy atom. The van der Waals surface area contributed by atoms with Crippen LogP contribution in [0.2, 0.25) is 0 Å². The zero-order valence-corrected chi connectivity index (χ0v) is 8.61. The molecule has 0 atom stereocenters. The molecule has 0 bridgehead atoms. The number of primary amides is 1.